The first-order valence-corrected chi connectivity index (χ1v) is 13.9. The van der Waals surface area contributed by atoms with Crippen molar-refractivity contribution in [3.05, 3.63) is 77.4 Å². The minimum Gasteiger partial charge on any atom is -0.497 e. The SMILES string of the molecule is COc1ccc([C@@H]2CC(=NCCc3ccc(OC)c(OC)c3)[C@@](C)(O)CN2CCc2ccc(OC)c(OC)c2)cc1. The van der Waals surface area contributed by atoms with Gasteiger partial charge in [0.2, 0.25) is 0 Å². The highest BCUT2D eigenvalue weighted by atomic mass is 16.5. The van der Waals surface area contributed by atoms with E-state index in [0.717, 1.165) is 42.0 Å². The number of hydrogen-bond acceptors (Lipinski definition) is 8. The van der Waals surface area contributed by atoms with Crippen LogP contribution in [0.25, 0.3) is 0 Å². The normalized spacial score (nSPS) is 20.1. The molecule has 0 radical (unpaired) electrons. The van der Waals surface area contributed by atoms with Gasteiger partial charge in [-0.25, -0.2) is 0 Å². The second-order valence-corrected chi connectivity index (χ2v) is 10.4. The number of ether oxygens (including phenoxy) is 5. The van der Waals surface area contributed by atoms with Crippen molar-refractivity contribution in [1.82, 2.24) is 4.90 Å². The van der Waals surface area contributed by atoms with Crippen LogP contribution in [0.15, 0.2) is 65.7 Å². The molecule has 1 aliphatic heterocycles. The molecule has 3 aromatic carbocycles. The molecular weight excluding hydrogens is 520 g/mol. The molecule has 0 bridgehead atoms. The van der Waals surface area contributed by atoms with Crippen molar-refractivity contribution in [2.24, 2.45) is 4.99 Å². The fourth-order valence-electron chi connectivity index (χ4n) is 5.42. The monoisotopic (exact) mass is 562 g/mol. The summed E-state index contributed by atoms with van der Waals surface area (Å²) in [6.45, 7) is 3.69. The van der Waals surface area contributed by atoms with Crippen LogP contribution in [-0.4, -0.2) is 76.5 Å². The van der Waals surface area contributed by atoms with Gasteiger partial charge >= 0.3 is 0 Å². The highest BCUT2D eigenvalue weighted by molar-refractivity contribution is 5.93. The number of aliphatic hydroxyl groups is 1. The summed E-state index contributed by atoms with van der Waals surface area (Å²) in [5.41, 5.74) is 3.19. The average molecular weight is 563 g/mol. The minimum absolute atomic E-state index is 0.0705. The number of piperidine rings is 1. The fraction of sp³-hybridized carbons (Fsp3) is 0.424. The van der Waals surface area contributed by atoms with E-state index in [1.807, 2.05) is 49.4 Å². The Bertz CT molecular complexity index is 1320. The lowest BCUT2D eigenvalue weighted by Crippen LogP contribution is -2.54. The van der Waals surface area contributed by atoms with Gasteiger partial charge in [0.25, 0.3) is 0 Å². The van der Waals surface area contributed by atoms with Crippen LogP contribution in [0.4, 0.5) is 0 Å². The number of methoxy groups -OCH3 is 5. The van der Waals surface area contributed by atoms with Crippen molar-refractivity contribution in [3.8, 4) is 28.7 Å². The Kier molecular flexibility index (Phi) is 10.1. The Morgan fingerprint density at radius 1 is 0.756 bits per heavy atom. The minimum atomic E-state index is -1.04. The Balaban J connectivity index is 1.54. The van der Waals surface area contributed by atoms with Gasteiger partial charge < -0.3 is 28.8 Å². The third-order valence-electron chi connectivity index (χ3n) is 7.75. The molecule has 0 aliphatic carbocycles. The summed E-state index contributed by atoms with van der Waals surface area (Å²) in [5.74, 6) is 3.64. The molecule has 1 heterocycles. The summed E-state index contributed by atoms with van der Waals surface area (Å²) in [5, 5.41) is 11.6. The van der Waals surface area contributed by atoms with Crippen LogP contribution in [0.2, 0.25) is 0 Å². The Morgan fingerprint density at radius 2 is 1.32 bits per heavy atom. The third-order valence-corrected chi connectivity index (χ3v) is 7.75. The molecule has 1 N–H and O–H groups in total. The van der Waals surface area contributed by atoms with Crippen LogP contribution in [-0.2, 0) is 12.8 Å². The molecule has 3 aromatic rings. The zero-order valence-corrected chi connectivity index (χ0v) is 25.0. The van der Waals surface area contributed by atoms with Crippen molar-refractivity contribution in [2.45, 2.75) is 37.8 Å². The fourth-order valence-corrected chi connectivity index (χ4v) is 5.42. The molecule has 2 atom stereocenters. The molecule has 4 rings (SSSR count). The molecule has 41 heavy (non-hydrogen) atoms. The molecule has 0 unspecified atom stereocenters. The van der Waals surface area contributed by atoms with Crippen LogP contribution < -0.4 is 23.7 Å². The number of likely N-dealkylation sites (tertiary alicyclic amines) is 1. The standard InChI is InChI=1S/C33H42N2O6/c1-33(36)22-35(18-16-24-8-14-29(39-4)31(20-24)41-6)27(25-9-11-26(37-2)12-10-25)21-32(33)34-17-15-23-7-13-28(38-3)30(19-23)40-5/h7-14,19-20,27,36H,15-18,21-22H2,1-6H3/t27-,33-/m0/s1. The molecule has 1 saturated heterocycles. The summed E-state index contributed by atoms with van der Waals surface area (Å²) in [7, 11) is 8.22. The summed E-state index contributed by atoms with van der Waals surface area (Å²) in [6.07, 6.45) is 2.17. The third kappa shape index (κ3) is 7.31. The Morgan fingerprint density at radius 3 is 1.85 bits per heavy atom. The molecule has 220 valence electrons. The maximum absolute atomic E-state index is 11.6. The van der Waals surface area contributed by atoms with Crippen LogP contribution in [0, 0.1) is 0 Å². The van der Waals surface area contributed by atoms with Gasteiger partial charge in [0.05, 0.1) is 35.5 Å². The molecule has 1 aliphatic rings. The maximum atomic E-state index is 11.6. The van der Waals surface area contributed by atoms with Gasteiger partial charge in [-0.3, -0.25) is 9.89 Å². The molecule has 0 amide bonds. The molecule has 8 heteroatoms. The molecule has 0 aromatic heterocycles. The van der Waals surface area contributed by atoms with E-state index in [1.54, 1.807) is 35.5 Å². The predicted octanol–water partition coefficient (Wildman–Crippen LogP) is 5.15. The van der Waals surface area contributed by atoms with Crippen molar-refractivity contribution >= 4 is 5.71 Å². The lowest BCUT2D eigenvalue weighted by molar-refractivity contribution is 0.0369. The van der Waals surface area contributed by atoms with Crippen molar-refractivity contribution in [1.29, 1.82) is 0 Å². The Hall–Kier alpha value is -3.75. The van der Waals surface area contributed by atoms with E-state index in [1.165, 1.54) is 5.56 Å². The van der Waals surface area contributed by atoms with E-state index >= 15 is 0 Å². The van der Waals surface area contributed by atoms with Gasteiger partial charge in [-0.05, 0) is 72.9 Å². The summed E-state index contributed by atoms with van der Waals surface area (Å²) >= 11 is 0. The highest BCUT2D eigenvalue weighted by Crippen LogP contribution is 2.36. The van der Waals surface area contributed by atoms with E-state index in [0.29, 0.717) is 42.5 Å². The summed E-state index contributed by atoms with van der Waals surface area (Å²) in [4.78, 5) is 7.30. The number of nitrogens with zero attached hydrogens (tertiary/aromatic N) is 2. The van der Waals surface area contributed by atoms with Gasteiger partial charge in [-0.1, -0.05) is 24.3 Å². The van der Waals surface area contributed by atoms with Crippen LogP contribution in [0.3, 0.4) is 0 Å². The van der Waals surface area contributed by atoms with E-state index in [9.17, 15) is 5.11 Å². The second-order valence-electron chi connectivity index (χ2n) is 10.4. The maximum Gasteiger partial charge on any atom is 0.160 e. The average Bonchev–Trinajstić information content (AvgIpc) is 3.00. The number of β-amino-alcohol motifs (C(OH)–C–C–N with tert-alkyl or cyclic N) is 1. The first-order chi connectivity index (χ1) is 19.8. The summed E-state index contributed by atoms with van der Waals surface area (Å²) in [6, 6.07) is 20.2. The predicted molar refractivity (Wildman–Crippen MR) is 161 cm³/mol. The summed E-state index contributed by atoms with van der Waals surface area (Å²) < 4.78 is 27.1. The van der Waals surface area contributed by atoms with Crippen LogP contribution in [0.5, 0.6) is 28.7 Å². The zero-order chi connectivity index (χ0) is 29.4. The number of rotatable bonds is 12. The molecular formula is C33H42N2O6. The lowest BCUT2D eigenvalue weighted by Gasteiger charge is -2.44. The van der Waals surface area contributed by atoms with Gasteiger partial charge in [-0.2, -0.15) is 0 Å². The number of benzene rings is 3. The number of hydrogen-bond donors (Lipinski definition) is 1. The van der Waals surface area contributed by atoms with Gasteiger partial charge in [0, 0.05) is 37.8 Å². The lowest BCUT2D eigenvalue weighted by atomic mass is 9.84. The number of aliphatic imine (C=N–C) groups is 1. The van der Waals surface area contributed by atoms with Gasteiger partial charge in [0.1, 0.15) is 11.4 Å². The van der Waals surface area contributed by atoms with E-state index < -0.39 is 5.60 Å². The quantitative estimate of drug-likeness (QED) is 0.327. The highest BCUT2D eigenvalue weighted by Gasteiger charge is 2.40. The van der Waals surface area contributed by atoms with Gasteiger partial charge in [-0.15, -0.1) is 0 Å². The zero-order valence-electron chi connectivity index (χ0n) is 25.0. The topological polar surface area (TPSA) is 82.0 Å². The van der Waals surface area contributed by atoms with Crippen molar-refractivity contribution in [3.63, 3.8) is 0 Å². The largest absolute Gasteiger partial charge is 0.497 e. The molecule has 0 saturated carbocycles. The van der Waals surface area contributed by atoms with Crippen molar-refractivity contribution < 1.29 is 28.8 Å². The van der Waals surface area contributed by atoms with E-state index in [4.69, 9.17) is 28.7 Å². The van der Waals surface area contributed by atoms with Crippen molar-refractivity contribution in [2.75, 3.05) is 55.2 Å². The molecule has 1 fully saturated rings. The second kappa shape index (κ2) is 13.7. The van der Waals surface area contributed by atoms with Crippen LogP contribution in [0.1, 0.15) is 36.1 Å². The van der Waals surface area contributed by atoms with E-state index in [-0.39, 0.29) is 6.04 Å². The smallest absolute Gasteiger partial charge is 0.160 e. The van der Waals surface area contributed by atoms with Crippen LogP contribution >= 0.6 is 0 Å². The Labute approximate surface area is 243 Å². The molecule has 8 nitrogen and oxygen atoms in total. The van der Waals surface area contributed by atoms with Gasteiger partial charge in [0.15, 0.2) is 23.0 Å². The first-order valence-electron chi connectivity index (χ1n) is 13.9. The first kappa shape index (κ1) is 30.2. The van der Waals surface area contributed by atoms with E-state index in [2.05, 4.69) is 23.1 Å². The molecule has 0 spiro atoms.